The highest BCUT2D eigenvalue weighted by Gasteiger charge is 2.14. The van der Waals surface area contributed by atoms with Gasteiger partial charge in [0.15, 0.2) is 5.82 Å². The normalized spacial score (nSPS) is 10.9. The van der Waals surface area contributed by atoms with Crippen molar-refractivity contribution in [2.45, 2.75) is 13.5 Å². The van der Waals surface area contributed by atoms with E-state index in [4.69, 9.17) is 11.6 Å². The lowest BCUT2D eigenvalue weighted by Gasteiger charge is -2.01. The highest BCUT2D eigenvalue weighted by Crippen LogP contribution is 2.39. The average molecular weight is 285 g/mol. The van der Waals surface area contributed by atoms with E-state index in [9.17, 15) is 0 Å². The van der Waals surface area contributed by atoms with E-state index in [2.05, 4.69) is 34.5 Å². The van der Waals surface area contributed by atoms with Crippen molar-refractivity contribution in [3.05, 3.63) is 41.7 Å². The van der Waals surface area contributed by atoms with Gasteiger partial charge >= 0.3 is 0 Å². The van der Waals surface area contributed by atoms with Crippen LogP contribution in [-0.2, 0) is 6.54 Å². The van der Waals surface area contributed by atoms with Crippen molar-refractivity contribution in [3.8, 4) is 10.4 Å². The van der Waals surface area contributed by atoms with Gasteiger partial charge in [0.05, 0.1) is 10.2 Å². The number of aromatic nitrogens is 2. The Kier molecular flexibility index (Phi) is 3.35. The Bertz CT molecular complexity index is 748. The van der Waals surface area contributed by atoms with E-state index in [-0.39, 0.29) is 0 Å². The van der Waals surface area contributed by atoms with Gasteiger partial charge in [-0.2, -0.15) is 0 Å². The number of hydrogen-bond donors (Lipinski definition) is 3. The van der Waals surface area contributed by atoms with Gasteiger partial charge in [0.25, 0.3) is 0 Å². The first-order valence-electron chi connectivity index (χ1n) is 6.24. The Labute approximate surface area is 120 Å². The van der Waals surface area contributed by atoms with E-state index < -0.39 is 0 Å². The number of aryl methyl sites for hydroxylation is 1. The van der Waals surface area contributed by atoms with Crippen LogP contribution in [0.3, 0.4) is 0 Å². The van der Waals surface area contributed by atoms with Gasteiger partial charge in [0.1, 0.15) is 6.33 Å². The van der Waals surface area contributed by atoms with Crippen LogP contribution in [0.25, 0.3) is 20.7 Å². The second kappa shape index (κ2) is 5.16. The molecule has 0 amide bonds. The molecule has 0 aliphatic rings. The number of nitrogens with one attached hydrogen (secondary N) is 1. The van der Waals surface area contributed by atoms with Crippen LogP contribution in [0.4, 0.5) is 5.82 Å². The molecule has 2 heterocycles. The van der Waals surface area contributed by atoms with Crippen LogP contribution >= 0.6 is 11.3 Å². The molecule has 0 saturated carbocycles. The van der Waals surface area contributed by atoms with Gasteiger partial charge < -0.3 is 11.2 Å². The molecule has 0 fully saturated rings. The Balaban J connectivity index is 2.18. The third-order valence-electron chi connectivity index (χ3n) is 3.29. The zero-order valence-corrected chi connectivity index (χ0v) is 11.9. The van der Waals surface area contributed by atoms with Crippen molar-refractivity contribution in [1.82, 2.24) is 9.97 Å². The molecule has 0 aliphatic carbocycles. The van der Waals surface area contributed by atoms with Gasteiger partial charge in [-0.15, -0.1) is 11.3 Å². The lowest BCUT2D eigenvalue weighted by atomic mass is 10.1. The summed E-state index contributed by atoms with van der Waals surface area (Å²) in [6.07, 6.45) is 1.53. The molecule has 5 nitrogen and oxygen atoms in total. The molecule has 0 radical (unpaired) electrons. The standard InChI is InChI=1S/C14H15N5S/c1-8-11-13(14(19-16)18-7-17-11)20-12(8)10-4-2-9(6-15)3-5-10/h2-5,7H,6,15-16H2,1H3,(H,17,18,19). The summed E-state index contributed by atoms with van der Waals surface area (Å²) >= 11 is 1.64. The lowest BCUT2D eigenvalue weighted by molar-refractivity contribution is 1.07. The Morgan fingerprint density at radius 2 is 1.95 bits per heavy atom. The molecule has 0 atom stereocenters. The SMILES string of the molecule is Cc1c(-c2ccc(CN)cc2)sc2c(NN)ncnc12. The number of nitrogen functional groups attached to an aromatic ring is 1. The number of nitrogens with two attached hydrogens (primary N) is 2. The predicted molar refractivity (Wildman–Crippen MR) is 83.3 cm³/mol. The fraction of sp³-hybridized carbons (Fsp3) is 0.143. The fourth-order valence-corrected chi connectivity index (χ4v) is 3.41. The van der Waals surface area contributed by atoms with E-state index in [1.165, 1.54) is 11.2 Å². The first kappa shape index (κ1) is 13.0. The molecule has 0 saturated heterocycles. The monoisotopic (exact) mass is 285 g/mol. The van der Waals surface area contributed by atoms with Crippen LogP contribution < -0.4 is 17.0 Å². The molecule has 0 unspecified atom stereocenters. The highest BCUT2D eigenvalue weighted by molar-refractivity contribution is 7.23. The minimum atomic E-state index is 0.554. The maximum Gasteiger partial charge on any atom is 0.161 e. The number of thiophene rings is 1. The summed E-state index contributed by atoms with van der Waals surface area (Å²) in [5.41, 5.74) is 12.6. The van der Waals surface area contributed by atoms with Crippen LogP contribution in [0, 0.1) is 6.92 Å². The molecular weight excluding hydrogens is 270 g/mol. The summed E-state index contributed by atoms with van der Waals surface area (Å²) < 4.78 is 0.977. The van der Waals surface area contributed by atoms with Crippen molar-refractivity contribution in [3.63, 3.8) is 0 Å². The molecule has 6 heteroatoms. The van der Waals surface area contributed by atoms with Gasteiger partial charge in [0, 0.05) is 11.4 Å². The number of anilines is 1. The average Bonchev–Trinajstić information content (AvgIpc) is 2.85. The maximum atomic E-state index is 5.63. The van der Waals surface area contributed by atoms with E-state index in [1.807, 2.05) is 12.1 Å². The third kappa shape index (κ3) is 2.03. The number of benzene rings is 1. The van der Waals surface area contributed by atoms with Gasteiger partial charge in [-0.1, -0.05) is 24.3 Å². The quantitative estimate of drug-likeness (QED) is 0.508. The first-order chi connectivity index (χ1) is 9.74. The molecule has 102 valence electrons. The molecule has 2 aromatic heterocycles. The van der Waals surface area contributed by atoms with E-state index in [0.29, 0.717) is 12.4 Å². The summed E-state index contributed by atoms with van der Waals surface area (Å²) in [5.74, 6) is 6.16. The fourth-order valence-electron chi connectivity index (χ4n) is 2.19. The zero-order valence-electron chi connectivity index (χ0n) is 11.1. The number of hydrogen-bond acceptors (Lipinski definition) is 6. The smallest absolute Gasteiger partial charge is 0.161 e. The summed E-state index contributed by atoms with van der Waals surface area (Å²) in [6, 6.07) is 8.27. The van der Waals surface area contributed by atoms with E-state index in [1.54, 1.807) is 11.3 Å². The number of fused-ring (bicyclic) bond motifs is 1. The van der Waals surface area contributed by atoms with Crippen molar-refractivity contribution in [2.75, 3.05) is 5.43 Å². The lowest BCUT2D eigenvalue weighted by Crippen LogP contribution is -2.08. The largest absolute Gasteiger partial charge is 0.326 e. The van der Waals surface area contributed by atoms with E-state index in [0.717, 1.165) is 26.9 Å². The molecule has 5 N–H and O–H groups in total. The Hall–Kier alpha value is -2.02. The van der Waals surface area contributed by atoms with Crippen LogP contribution in [0.1, 0.15) is 11.1 Å². The van der Waals surface area contributed by atoms with Crippen molar-refractivity contribution < 1.29 is 0 Å². The zero-order chi connectivity index (χ0) is 14.1. The number of hydrazine groups is 1. The van der Waals surface area contributed by atoms with Gasteiger partial charge in [-0.3, -0.25) is 0 Å². The summed E-state index contributed by atoms with van der Waals surface area (Å²) in [4.78, 5) is 9.68. The van der Waals surface area contributed by atoms with Crippen molar-refractivity contribution in [2.24, 2.45) is 11.6 Å². The molecule has 0 aliphatic heterocycles. The summed E-state index contributed by atoms with van der Waals surface area (Å²) in [6.45, 7) is 2.62. The summed E-state index contributed by atoms with van der Waals surface area (Å²) in [7, 11) is 0. The first-order valence-corrected chi connectivity index (χ1v) is 7.06. The van der Waals surface area contributed by atoms with Crippen molar-refractivity contribution in [1.29, 1.82) is 0 Å². The van der Waals surface area contributed by atoms with Crippen LogP contribution in [-0.4, -0.2) is 9.97 Å². The molecular formula is C14H15N5S. The minimum Gasteiger partial charge on any atom is -0.326 e. The number of nitrogens with zero attached hydrogens (tertiary/aromatic N) is 2. The molecule has 3 aromatic rings. The second-order valence-corrected chi connectivity index (χ2v) is 5.52. The molecule has 1 aromatic carbocycles. The summed E-state index contributed by atoms with van der Waals surface area (Å²) in [5, 5.41) is 0. The molecule has 0 spiro atoms. The number of rotatable bonds is 3. The van der Waals surface area contributed by atoms with Gasteiger partial charge in [0.2, 0.25) is 0 Å². The van der Waals surface area contributed by atoms with Gasteiger partial charge in [-0.25, -0.2) is 15.8 Å². The van der Waals surface area contributed by atoms with Crippen LogP contribution in [0.5, 0.6) is 0 Å². The second-order valence-electron chi connectivity index (χ2n) is 4.50. The van der Waals surface area contributed by atoms with Crippen LogP contribution in [0.2, 0.25) is 0 Å². The molecule has 0 bridgehead atoms. The maximum absolute atomic E-state index is 5.63. The molecule has 20 heavy (non-hydrogen) atoms. The minimum absolute atomic E-state index is 0.554. The predicted octanol–water partition coefficient (Wildman–Crippen LogP) is 2.41. The Morgan fingerprint density at radius 3 is 2.60 bits per heavy atom. The molecule has 3 rings (SSSR count). The Morgan fingerprint density at radius 1 is 1.20 bits per heavy atom. The topological polar surface area (TPSA) is 89.8 Å². The highest BCUT2D eigenvalue weighted by atomic mass is 32.1. The van der Waals surface area contributed by atoms with Crippen molar-refractivity contribution >= 4 is 27.4 Å². The van der Waals surface area contributed by atoms with Crippen LogP contribution in [0.15, 0.2) is 30.6 Å². The third-order valence-corrected chi connectivity index (χ3v) is 4.63. The van der Waals surface area contributed by atoms with Gasteiger partial charge in [-0.05, 0) is 23.6 Å². The van der Waals surface area contributed by atoms with E-state index >= 15 is 0 Å².